The van der Waals surface area contributed by atoms with Crippen LogP contribution in [0.15, 0.2) is 54.5 Å². The summed E-state index contributed by atoms with van der Waals surface area (Å²) in [5.74, 6) is -0.337. The van der Waals surface area contributed by atoms with Gasteiger partial charge in [0.05, 0.1) is 17.8 Å². The lowest BCUT2D eigenvalue weighted by molar-refractivity contribution is -0.136. The molecule has 3 N–H and O–H groups in total. The molecule has 3 unspecified atom stereocenters. The number of H-pyrrole nitrogens is 1. The van der Waals surface area contributed by atoms with Crippen LogP contribution in [0.25, 0.3) is 16.5 Å². The molecule has 216 valence electrons. The summed E-state index contributed by atoms with van der Waals surface area (Å²) >= 11 is 0. The number of pyridine rings is 1. The Morgan fingerprint density at radius 3 is 2.73 bits per heavy atom. The van der Waals surface area contributed by atoms with E-state index in [2.05, 4.69) is 25.5 Å². The van der Waals surface area contributed by atoms with Crippen LogP contribution in [-0.4, -0.2) is 69.8 Å². The second-order valence-electron chi connectivity index (χ2n) is 11.7. The largest absolute Gasteiger partial charge is 0.360 e. The summed E-state index contributed by atoms with van der Waals surface area (Å²) in [6.07, 6.45) is 9.75. The summed E-state index contributed by atoms with van der Waals surface area (Å²) < 4.78 is 14.0. The van der Waals surface area contributed by atoms with Crippen molar-refractivity contribution in [1.29, 1.82) is 0 Å². The lowest BCUT2D eigenvalue weighted by Crippen LogP contribution is -2.55. The first-order valence-electron chi connectivity index (χ1n) is 14.9. The molecular weight excluding hydrogens is 519 g/mol. The molecule has 4 heterocycles. The molecular formula is C32H39FN6O2. The molecule has 2 fully saturated rings. The van der Waals surface area contributed by atoms with Gasteiger partial charge in [0.25, 0.3) is 0 Å². The number of rotatable bonds is 8. The topological polar surface area (TPSA) is 93.4 Å². The number of amides is 2. The number of hydrogen-bond donors (Lipinski definition) is 3. The van der Waals surface area contributed by atoms with Gasteiger partial charge in [-0.05, 0) is 75.1 Å². The van der Waals surface area contributed by atoms with Crippen LogP contribution in [-0.2, 0) is 16.1 Å². The minimum Gasteiger partial charge on any atom is -0.360 e. The van der Waals surface area contributed by atoms with Gasteiger partial charge < -0.3 is 20.5 Å². The first-order chi connectivity index (χ1) is 19.9. The van der Waals surface area contributed by atoms with E-state index in [1.165, 1.54) is 18.6 Å². The van der Waals surface area contributed by atoms with E-state index < -0.39 is 6.04 Å². The molecule has 1 aliphatic carbocycles. The first-order valence-corrected chi connectivity index (χ1v) is 14.9. The number of carbonyl (C=O) groups excluding carboxylic acids is 2. The highest BCUT2D eigenvalue weighted by Gasteiger charge is 2.46. The summed E-state index contributed by atoms with van der Waals surface area (Å²) in [7, 11) is 1.76. The van der Waals surface area contributed by atoms with Crippen LogP contribution >= 0.6 is 0 Å². The predicted octanol–water partition coefficient (Wildman–Crippen LogP) is 4.20. The van der Waals surface area contributed by atoms with Gasteiger partial charge in [0.1, 0.15) is 11.9 Å². The number of nitrogens with zero attached hydrogens (tertiary/aromatic N) is 3. The van der Waals surface area contributed by atoms with Gasteiger partial charge in [-0.25, -0.2) is 4.39 Å². The molecule has 2 aromatic heterocycles. The Hall–Kier alpha value is -3.56. The number of nitrogens with one attached hydrogen (secondary N) is 3. The number of likely N-dealkylation sites (tertiary alicyclic amines) is 1. The van der Waals surface area contributed by atoms with Gasteiger partial charge in [0.2, 0.25) is 11.8 Å². The third-order valence-electron chi connectivity index (χ3n) is 9.18. The molecule has 0 bridgehead atoms. The van der Waals surface area contributed by atoms with Crippen LogP contribution in [0.3, 0.4) is 0 Å². The number of benzene rings is 1. The van der Waals surface area contributed by atoms with Gasteiger partial charge in [0.15, 0.2) is 0 Å². The second-order valence-corrected chi connectivity index (χ2v) is 11.7. The van der Waals surface area contributed by atoms with Crippen LogP contribution in [0.5, 0.6) is 0 Å². The highest BCUT2D eigenvalue weighted by Crippen LogP contribution is 2.43. The van der Waals surface area contributed by atoms with Gasteiger partial charge in [0, 0.05) is 54.2 Å². The lowest BCUT2D eigenvalue weighted by atomic mass is 9.83. The maximum atomic E-state index is 14.5. The highest BCUT2D eigenvalue weighted by molar-refractivity contribution is 5.97. The molecule has 41 heavy (non-hydrogen) atoms. The Balaban J connectivity index is 1.38. The maximum absolute atomic E-state index is 14.5. The maximum Gasteiger partial charge on any atom is 0.249 e. The van der Waals surface area contributed by atoms with Gasteiger partial charge >= 0.3 is 0 Å². The fraction of sp³-hybridized carbons (Fsp3) is 0.469. The standard InChI is InChI=1S/C32H39FN6O2/c1-20(34-2)31(40)37-29(21-8-4-3-5-9-21)32(41)39-15-13-28-30(39)26(19-38(28)18-23-10-6-7-14-35-23)25-17-36-27-16-22(33)11-12-24(25)27/h6-7,10-12,14,16-17,20-21,28-29,34,36H,3-5,8-9,13,15,18-19H2,1-2H3,(H,37,40). The van der Waals surface area contributed by atoms with Gasteiger partial charge in [-0.15, -0.1) is 0 Å². The Kier molecular flexibility index (Phi) is 7.90. The average molecular weight is 559 g/mol. The molecule has 1 aromatic carbocycles. The molecule has 6 rings (SSSR count). The molecule has 8 nitrogen and oxygen atoms in total. The predicted molar refractivity (Wildman–Crippen MR) is 157 cm³/mol. The smallest absolute Gasteiger partial charge is 0.249 e. The van der Waals surface area contributed by atoms with Crippen molar-refractivity contribution < 1.29 is 14.0 Å². The Labute approximate surface area is 240 Å². The van der Waals surface area contributed by atoms with Crippen molar-refractivity contribution in [2.24, 2.45) is 5.92 Å². The summed E-state index contributed by atoms with van der Waals surface area (Å²) in [5, 5.41) is 7.09. The molecule has 0 spiro atoms. The zero-order valence-electron chi connectivity index (χ0n) is 23.8. The van der Waals surface area contributed by atoms with Gasteiger partial charge in [-0.2, -0.15) is 0 Å². The molecule has 2 aliphatic heterocycles. The second kappa shape index (κ2) is 11.7. The molecule has 1 saturated carbocycles. The third-order valence-corrected chi connectivity index (χ3v) is 9.18. The number of likely N-dealkylation sites (N-methyl/N-ethyl adjacent to an activating group) is 1. The molecule has 2 amide bonds. The van der Waals surface area contributed by atoms with E-state index in [0.717, 1.165) is 65.5 Å². The average Bonchev–Trinajstić information content (AvgIpc) is 3.71. The molecule has 3 aliphatic rings. The van der Waals surface area contributed by atoms with E-state index in [9.17, 15) is 14.0 Å². The van der Waals surface area contributed by atoms with E-state index in [-0.39, 0.29) is 35.6 Å². The number of carbonyl (C=O) groups is 2. The summed E-state index contributed by atoms with van der Waals surface area (Å²) in [6.45, 7) is 3.73. The molecule has 3 aromatic rings. The zero-order valence-corrected chi connectivity index (χ0v) is 23.8. The van der Waals surface area contributed by atoms with E-state index in [0.29, 0.717) is 19.6 Å². The van der Waals surface area contributed by atoms with E-state index in [4.69, 9.17) is 0 Å². The van der Waals surface area contributed by atoms with Crippen molar-refractivity contribution in [2.75, 3.05) is 20.1 Å². The molecule has 3 atom stereocenters. The van der Waals surface area contributed by atoms with Crippen LogP contribution < -0.4 is 10.6 Å². The Morgan fingerprint density at radius 2 is 1.98 bits per heavy atom. The minimum absolute atomic E-state index is 0.0193. The normalized spacial score (nSPS) is 21.3. The van der Waals surface area contributed by atoms with Crippen molar-refractivity contribution in [3.05, 3.63) is 71.6 Å². The number of aromatic nitrogens is 2. The number of hydrogen-bond acceptors (Lipinski definition) is 5. The van der Waals surface area contributed by atoms with Crippen molar-refractivity contribution >= 4 is 28.3 Å². The fourth-order valence-electron chi connectivity index (χ4n) is 6.89. The van der Waals surface area contributed by atoms with Crippen molar-refractivity contribution in [3.8, 4) is 0 Å². The third kappa shape index (κ3) is 5.40. The van der Waals surface area contributed by atoms with E-state index >= 15 is 0 Å². The summed E-state index contributed by atoms with van der Waals surface area (Å²) in [6, 6.07) is 9.85. The molecule has 0 radical (unpaired) electrons. The number of halogens is 1. The van der Waals surface area contributed by atoms with E-state index in [1.807, 2.05) is 48.5 Å². The van der Waals surface area contributed by atoms with Gasteiger partial charge in [-0.1, -0.05) is 25.3 Å². The van der Waals surface area contributed by atoms with Crippen LogP contribution in [0.4, 0.5) is 4.39 Å². The van der Waals surface area contributed by atoms with Crippen LogP contribution in [0.1, 0.15) is 56.7 Å². The van der Waals surface area contributed by atoms with Gasteiger partial charge in [-0.3, -0.25) is 19.5 Å². The van der Waals surface area contributed by atoms with Crippen LogP contribution in [0, 0.1) is 11.7 Å². The monoisotopic (exact) mass is 558 g/mol. The number of aromatic amines is 1. The SMILES string of the molecule is CNC(C)C(=O)NC(C(=O)N1CCC2C1=C(c1c[nH]c3cc(F)ccc13)CN2Cc1ccccn1)C1CCCCC1. The minimum atomic E-state index is -0.562. The number of fused-ring (bicyclic) bond motifs is 2. The fourth-order valence-corrected chi connectivity index (χ4v) is 6.89. The Bertz CT molecular complexity index is 1450. The Morgan fingerprint density at radius 1 is 1.15 bits per heavy atom. The van der Waals surface area contributed by atoms with Crippen LogP contribution in [0.2, 0.25) is 0 Å². The zero-order chi connectivity index (χ0) is 28.5. The van der Waals surface area contributed by atoms with Crippen molar-refractivity contribution in [2.45, 2.75) is 70.1 Å². The van der Waals surface area contributed by atoms with Crippen molar-refractivity contribution in [1.82, 2.24) is 30.4 Å². The molecule has 9 heteroatoms. The highest BCUT2D eigenvalue weighted by atomic mass is 19.1. The first kappa shape index (κ1) is 27.6. The van der Waals surface area contributed by atoms with Crippen molar-refractivity contribution in [3.63, 3.8) is 0 Å². The lowest BCUT2D eigenvalue weighted by Gasteiger charge is -2.34. The van der Waals surface area contributed by atoms with E-state index in [1.54, 1.807) is 7.05 Å². The summed E-state index contributed by atoms with van der Waals surface area (Å²) in [4.78, 5) is 39.7. The molecule has 1 saturated heterocycles. The quantitative estimate of drug-likeness (QED) is 0.385. The summed E-state index contributed by atoms with van der Waals surface area (Å²) in [5.41, 5.74) is 4.79.